The number of likely N-dealkylation sites (tertiary alicyclic amines) is 1. The number of hydrogen-bond acceptors (Lipinski definition) is 5. The van der Waals surface area contributed by atoms with Gasteiger partial charge in [-0.3, -0.25) is 14.3 Å². The second-order valence-corrected chi connectivity index (χ2v) is 5.27. The SMILES string of the molecule is CNC(=O)C1(C)CCN(C(=O)c2cn(CCN)nn2)C1. The summed E-state index contributed by atoms with van der Waals surface area (Å²) in [6, 6.07) is 0. The topological polar surface area (TPSA) is 106 Å². The Bertz CT molecular complexity index is 514. The molecule has 1 fully saturated rings. The summed E-state index contributed by atoms with van der Waals surface area (Å²) < 4.78 is 1.54. The van der Waals surface area contributed by atoms with Crippen LogP contribution in [0.1, 0.15) is 23.8 Å². The smallest absolute Gasteiger partial charge is 0.276 e. The van der Waals surface area contributed by atoms with Gasteiger partial charge >= 0.3 is 0 Å². The summed E-state index contributed by atoms with van der Waals surface area (Å²) in [5, 5.41) is 10.3. The molecule has 0 aliphatic carbocycles. The van der Waals surface area contributed by atoms with Crippen LogP contribution >= 0.6 is 0 Å². The fourth-order valence-electron chi connectivity index (χ4n) is 2.42. The fourth-order valence-corrected chi connectivity index (χ4v) is 2.42. The van der Waals surface area contributed by atoms with Gasteiger partial charge in [0.25, 0.3) is 5.91 Å². The molecule has 1 atom stereocenters. The largest absolute Gasteiger partial charge is 0.359 e. The number of nitrogens with one attached hydrogen (secondary N) is 1. The molecule has 1 aromatic heterocycles. The van der Waals surface area contributed by atoms with Crippen molar-refractivity contribution in [3.05, 3.63) is 11.9 Å². The molecule has 1 saturated heterocycles. The van der Waals surface area contributed by atoms with Crippen LogP contribution in [-0.2, 0) is 11.3 Å². The van der Waals surface area contributed by atoms with Crippen LogP contribution in [0.4, 0.5) is 0 Å². The predicted octanol–water partition coefficient (Wildman–Crippen LogP) is -1.16. The average Bonchev–Trinajstić information content (AvgIpc) is 3.05. The zero-order chi connectivity index (χ0) is 14.8. The Balaban J connectivity index is 2.05. The third-order valence-corrected chi connectivity index (χ3v) is 3.65. The van der Waals surface area contributed by atoms with Gasteiger partial charge in [-0.2, -0.15) is 0 Å². The zero-order valence-corrected chi connectivity index (χ0v) is 11.8. The molecule has 0 radical (unpaired) electrons. The normalized spacial score (nSPS) is 22.1. The quantitative estimate of drug-likeness (QED) is 0.723. The number of amides is 2. The van der Waals surface area contributed by atoms with Gasteiger partial charge in [-0.1, -0.05) is 5.21 Å². The van der Waals surface area contributed by atoms with Crippen LogP contribution in [0.2, 0.25) is 0 Å². The molecule has 1 aliphatic heterocycles. The highest BCUT2D eigenvalue weighted by atomic mass is 16.2. The van der Waals surface area contributed by atoms with E-state index in [1.54, 1.807) is 22.8 Å². The molecular weight excluding hydrogens is 260 g/mol. The maximum atomic E-state index is 12.3. The first kappa shape index (κ1) is 14.4. The summed E-state index contributed by atoms with van der Waals surface area (Å²) in [5.74, 6) is -0.236. The Morgan fingerprint density at radius 1 is 1.55 bits per heavy atom. The van der Waals surface area contributed by atoms with Gasteiger partial charge in [0.05, 0.1) is 18.2 Å². The monoisotopic (exact) mass is 280 g/mol. The standard InChI is InChI=1S/C12H20N6O2/c1-12(11(20)14-2)3-5-17(8-12)10(19)9-7-18(6-4-13)16-15-9/h7H,3-6,8,13H2,1-2H3,(H,14,20). The van der Waals surface area contributed by atoms with Crippen molar-refractivity contribution in [3.8, 4) is 0 Å². The van der Waals surface area contributed by atoms with Crippen molar-refractivity contribution >= 4 is 11.8 Å². The lowest BCUT2D eigenvalue weighted by Gasteiger charge is -2.22. The first-order valence-corrected chi connectivity index (χ1v) is 6.62. The molecule has 0 bridgehead atoms. The second-order valence-electron chi connectivity index (χ2n) is 5.27. The van der Waals surface area contributed by atoms with Crippen LogP contribution in [0.25, 0.3) is 0 Å². The van der Waals surface area contributed by atoms with Gasteiger partial charge in [0, 0.05) is 26.7 Å². The van der Waals surface area contributed by atoms with E-state index in [0.29, 0.717) is 38.3 Å². The molecule has 8 heteroatoms. The van der Waals surface area contributed by atoms with Gasteiger partial charge in [-0.05, 0) is 13.3 Å². The minimum Gasteiger partial charge on any atom is -0.359 e. The molecule has 110 valence electrons. The number of rotatable bonds is 4. The van der Waals surface area contributed by atoms with Crippen molar-refractivity contribution in [3.63, 3.8) is 0 Å². The summed E-state index contributed by atoms with van der Waals surface area (Å²) in [6.07, 6.45) is 2.24. The number of nitrogens with two attached hydrogens (primary N) is 1. The average molecular weight is 280 g/mol. The first-order valence-electron chi connectivity index (χ1n) is 6.62. The number of aromatic nitrogens is 3. The molecule has 0 spiro atoms. The Morgan fingerprint density at radius 3 is 2.95 bits per heavy atom. The van der Waals surface area contributed by atoms with Crippen molar-refractivity contribution < 1.29 is 9.59 Å². The van der Waals surface area contributed by atoms with E-state index >= 15 is 0 Å². The molecule has 1 unspecified atom stereocenters. The number of carbonyl (C=O) groups excluding carboxylic acids is 2. The van der Waals surface area contributed by atoms with Gasteiger partial charge in [0.1, 0.15) is 0 Å². The van der Waals surface area contributed by atoms with Gasteiger partial charge in [-0.25, -0.2) is 0 Å². The molecule has 2 rings (SSSR count). The number of hydrogen-bond donors (Lipinski definition) is 2. The van der Waals surface area contributed by atoms with E-state index in [2.05, 4.69) is 15.6 Å². The van der Waals surface area contributed by atoms with Crippen LogP contribution in [0, 0.1) is 5.41 Å². The Hall–Kier alpha value is -1.96. The van der Waals surface area contributed by atoms with E-state index in [1.807, 2.05) is 6.92 Å². The minimum absolute atomic E-state index is 0.0420. The third kappa shape index (κ3) is 2.64. The molecule has 2 amide bonds. The minimum atomic E-state index is -0.530. The summed E-state index contributed by atoms with van der Waals surface area (Å²) in [5.41, 5.74) is 5.19. The molecule has 20 heavy (non-hydrogen) atoms. The molecule has 2 heterocycles. The van der Waals surface area contributed by atoms with Crippen LogP contribution in [0.3, 0.4) is 0 Å². The predicted molar refractivity (Wildman–Crippen MR) is 71.8 cm³/mol. The van der Waals surface area contributed by atoms with Crippen molar-refractivity contribution in [1.82, 2.24) is 25.2 Å². The Kier molecular flexibility index (Phi) is 4.03. The van der Waals surface area contributed by atoms with E-state index in [4.69, 9.17) is 5.73 Å². The van der Waals surface area contributed by atoms with Crippen molar-refractivity contribution in [2.45, 2.75) is 19.9 Å². The molecular formula is C12H20N6O2. The maximum Gasteiger partial charge on any atom is 0.276 e. The molecule has 8 nitrogen and oxygen atoms in total. The number of nitrogens with zero attached hydrogens (tertiary/aromatic N) is 4. The highest BCUT2D eigenvalue weighted by Gasteiger charge is 2.42. The lowest BCUT2D eigenvalue weighted by Crippen LogP contribution is -2.40. The maximum absolute atomic E-state index is 12.3. The highest BCUT2D eigenvalue weighted by Crippen LogP contribution is 2.30. The van der Waals surface area contributed by atoms with Gasteiger partial charge < -0.3 is 16.0 Å². The fraction of sp³-hybridized carbons (Fsp3) is 0.667. The summed E-state index contributed by atoms with van der Waals surface area (Å²) in [7, 11) is 1.61. The van der Waals surface area contributed by atoms with Gasteiger partial charge in [-0.15, -0.1) is 5.10 Å². The van der Waals surface area contributed by atoms with Gasteiger partial charge in [0.2, 0.25) is 5.91 Å². The van der Waals surface area contributed by atoms with Crippen molar-refractivity contribution in [2.24, 2.45) is 11.1 Å². The molecule has 0 saturated carbocycles. The van der Waals surface area contributed by atoms with Crippen LogP contribution in [0.5, 0.6) is 0 Å². The van der Waals surface area contributed by atoms with E-state index < -0.39 is 5.41 Å². The van der Waals surface area contributed by atoms with E-state index in [9.17, 15) is 9.59 Å². The van der Waals surface area contributed by atoms with Gasteiger partial charge in [0.15, 0.2) is 5.69 Å². The van der Waals surface area contributed by atoms with Crippen molar-refractivity contribution in [1.29, 1.82) is 0 Å². The molecule has 3 N–H and O–H groups in total. The lowest BCUT2D eigenvalue weighted by atomic mass is 9.89. The Labute approximate surface area is 117 Å². The highest BCUT2D eigenvalue weighted by molar-refractivity contribution is 5.93. The van der Waals surface area contributed by atoms with Crippen molar-refractivity contribution in [2.75, 3.05) is 26.7 Å². The third-order valence-electron chi connectivity index (χ3n) is 3.65. The van der Waals surface area contributed by atoms with Crippen LogP contribution in [0.15, 0.2) is 6.20 Å². The van der Waals surface area contributed by atoms with Crippen LogP contribution in [-0.4, -0.2) is 58.4 Å². The van der Waals surface area contributed by atoms with Crippen LogP contribution < -0.4 is 11.1 Å². The summed E-state index contributed by atoms with van der Waals surface area (Å²) in [4.78, 5) is 25.8. The summed E-state index contributed by atoms with van der Waals surface area (Å²) >= 11 is 0. The molecule has 0 aromatic carbocycles. The summed E-state index contributed by atoms with van der Waals surface area (Å²) in [6.45, 7) is 3.78. The zero-order valence-electron chi connectivity index (χ0n) is 11.8. The number of carbonyl (C=O) groups is 2. The lowest BCUT2D eigenvalue weighted by molar-refractivity contribution is -0.128. The second kappa shape index (κ2) is 5.58. The first-order chi connectivity index (χ1) is 9.50. The van der Waals surface area contributed by atoms with E-state index in [1.165, 1.54) is 0 Å². The van der Waals surface area contributed by atoms with E-state index in [0.717, 1.165) is 0 Å². The molecule has 1 aliphatic rings. The Morgan fingerprint density at radius 2 is 2.30 bits per heavy atom. The van der Waals surface area contributed by atoms with E-state index in [-0.39, 0.29) is 11.8 Å². The molecule has 1 aromatic rings.